The van der Waals surface area contributed by atoms with Crippen molar-refractivity contribution in [1.29, 1.82) is 0 Å². The summed E-state index contributed by atoms with van der Waals surface area (Å²) in [6.45, 7) is 1.84. The van der Waals surface area contributed by atoms with Crippen LogP contribution < -0.4 is 15.4 Å². The number of halogens is 1. The first kappa shape index (κ1) is 18.0. The van der Waals surface area contributed by atoms with E-state index in [0.717, 1.165) is 16.9 Å². The zero-order chi connectivity index (χ0) is 18.7. The van der Waals surface area contributed by atoms with E-state index in [4.69, 9.17) is 20.8 Å². The van der Waals surface area contributed by atoms with Crippen molar-refractivity contribution in [3.63, 3.8) is 0 Å². The summed E-state index contributed by atoms with van der Waals surface area (Å²) >= 11 is 7.23. The Kier molecular flexibility index (Phi) is 5.29. The summed E-state index contributed by atoms with van der Waals surface area (Å²) in [4.78, 5) is 24.9. The molecule has 0 spiro atoms. The number of aryl methyl sites for hydroxylation is 1. The van der Waals surface area contributed by atoms with Crippen molar-refractivity contribution in [2.75, 3.05) is 17.7 Å². The van der Waals surface area contributed by atoms with Crippen molar-refractivity contribution in [3.8, 4) is 5.75 Å². The Balaban J connectivity index is 1.72. The van der Waals surface area contributed by atoms with Crippen LogP contribution in [0.3, 0.4) is 0 Å². The van der Waals surface area contributed by atoms with Gasteiger partial charge in [0, 0.05) is 11.1 Å². The minimum atomic E-state index is -0.376. The van der Waals surface area contributed by atoms with Crippen molar-refractivity contribution < 1.29 is 18.7 Å². The lowest BCUT2D eigenvalue weighted by Gasteiger charge is -2.11. The third-order valence-corrected chi connectivity index (χ3v) is 4.95. The molecule has 1 aromatic carbocycles. The van der Waals surface area contributed by atoms with Crippen LogP contribution in [0, 0.1) is 6.92 Å². The maximum atomic E-state index is 12.5. The molecule has 0 aliphatic carbocycles. The largest absolute Gasteiger partial charge is 0.495 e. The molecule has 0 saturated carbocycles. The van der Waals surface area contributed by atoms with Crippen LogP contribution in [-0.2, 0) is 0 Å². The molecule has 0 aliphatic rings. The van der Waals surface area contributed by atoms with E-state index in [2.05, 4.69) is 10.6 Å². The van der Waals surface area contributed by atoms with Gasteiger partial charge in [-0.05, 0) is 42.8 Å². The smallest absolute Gasteiger partial charge is 0.291 e. The number of benzene rings is 1. The van der Waals surface area contributed by atoms with Crippen LogP contribution in [0.2, 0.25) is 5.02 Å². The first-order chi connectivity index (χ1) is 12.5. The summed E-state index contributed by atoms with van der Waals surface area (Å²) < 4.78 is 10.3. The highest BCUT2D eigenvalue weighted by atomic mass is 35.5. The molecule has 2 amide bonds. The predicted molar refractivity (Wildman–Crippen MR) is 102 cm³/mol. The molecule has 134 valence electrons. The van der Waals surface area contributed by atoms with Crippen molar-refractivity contribution in [1.82, 2.24) is 0 Å². The Morgan fingerprint density at radius 1 is 1.15 bits per heavy atom. The predicted octanol–water partition coefficient (Wildman–Crippen LogP) is 4.82. The topological polar surface area (TPSA) is 80.6 Å². The molecule has 0 atom stereocenters. The van der Waals surface area contributed by atoms with Crippen molar-refractivity contribution in [2.45, 2.75) is 6.92 Å². The fourth-order valence-electron chi connectivity index (χ4n) is 2.22. The van der Waals surface area contributed by atoms with E-state index < -0.39 is 0 Å². The molecular weight excluding hydrogens is 376 g/mol. The molecule has 0 fully saturated rings. The van der Waals surface area contributed by atoms with Crippen LogP contribution in [-0.4, -0.2) is 18.9 Å². The molecule has 0 radical (unpaired) electrons. The molecule has 2 N–H and O–H groups in total. The number of hydrogen-bond donors (Lipinski definition) is 2. The summed E-state index contributed by atoms with van der Waals surface area (Å²) in [7, 11) is 1.50. The van der Waals surface area contributed by atoms with Crippen molar-refractivity contribution in [2.24, 2.45) is 0 Å². The number of thiophene rings is 1. The van der Waals surface area contributed by atoms with Crippen LogP contribution in [0.5, 0.6) is 5.75 Å². The number of carbonyl (C=O) groups is 2. The Morgan fingerprint density at radius 2 is 1.96 bits per heavy atom. The minimum Gasteiger partial charge on any atom is -0.495 e. The van der Waals surface area contributed by atoms with E-state index in [1.807, 2.05) is 6.92 Å². The molecule has 8 heteroatoms. The van der Waals surface area contributed by atoms with Gasteiger partial charge in [0.15, 0.2) is 5.76 Å². The quantitative estimate of drug-likeness (QED) is 0.654. The highest BCUT2D eigenvalue weighted by Gasteiger charge is 2.15. The number of hydrogen-bond acceptors (Lipinski definition) is 5. The summed E-state index contributed by atoms with van der Waals surface area (Å²) in [5.74, 6) is -0.0186. The number of carbonyl (C=O) groups excluding carboxylic acids is 2. The van der Waals surface area contributed by atoms with Gasteiger partial charge in [-0.25, -0.2) is 0 Å². The first-order valence-corrected chi connectivity index (χ1v) is 8.77. The lowest BCUT2D eigenvalue weighted by Crippen LogP contribution is -2.11. The van der Waals surface area contributed by atoms with Gasteiger partial charge in [-0.3, -0.25) is 9.59 Å². The third-order valence-electron chi connectivity index (χ3n) is 3.54. The Hall–Kier alpha value is -2.77. The molecule has 0 aliphatic heterocycles. The van der Waals surface area contributed by atoms with Crippen LogP contribution in [0.4, 0.5) is 10.7 Å². The molecule has 3 rings (SSSR count). The van der Waals surface area contributed by atoms with Crippen molar-refractivity contribution in [3.05, 3.63) is 63.9 Å². The number of furan rings is 1. The normalized spacial score (nSPS) is 10.4. The van der Waals surface area contributed by atoms with Crippen LogP contribution in [0.15, 0.2) is 47.1 Å². The highest BCUT2D eigenvalue weighted by molar-refractivity contribution is 7.18. The van der Waals surface area contributed by atoms with E-state index in [1.165, 1.54) is 13.4 Å². The van der Waals surface area contributed by atoms with Crippen molar-refractivity contribution >= 4 is 45.4 Å². The number of amides is 2. The van der Waals surface area contributed by atoms with Crippen LogP contribution in [0.1, 0.15) is 25.8 Å². The van der Waals surface area contributed by atoms with Gasteiger partial charge in [-0.2, -0.15) is 0 Å². The lowest BCUT2D eigenvalue weighted by molar-refractivity contribution is 0.0995. The average molecular weight is 391 g/mol. The van der Waals surface area contributed by atoms with Gasteiger partial charge in [-0.1, -0.05) is 11.6 Å². The second-order valence-corrected chi connectivity index (χ2v) is 6.84. The molecule has 26 heavy (non-hydrogen) atoms. The standard InChI is InChI=1S/C18H15ClN2O4S/c1-10-8-12(14(24-2)9-11(10)19)20-18(23)15-5-6-16(26-15)21-17(22)13-4-3-7-25-13/h3-9H,1-2H3,(H,20,23)(H,21,22). The summed E-state index contributed by atoms with van der Waals surface area (Å²) in [5, 5.41) is 6.58. The molecule has 2 aromatic heterocycles. The summed E-state index contributed by atoms with van der Waals surface area (Å²) in [6, 6.07) is 9.87. The van der Waals surface area contributed by atoms with Gasteiger partial charge in [0.1, 0.15) is 5.75 Å². The molecule has 3 aromatic rings. The Morgan fingerprint density at radius 3 is 2.65 bits per heavy atom. The van der Waals surface area contributed by atoms with E-state index in [0.29, 0.717) is 26.3 Å². The van der Waals surface area contributed by atoms with E-state index >= 15 is 0 Å². The monoisotopic (exact) mass is 390 g/mol. The first-order valence-electron chi connectivity index (χ1n) is 7.58. The maximum absolute atomic E-state index is 12.5. The van der Waals surface area contributed by atoms with E-state index in [-0.39, 0.29) is 17.6 Å². The third kappa shape index (κ3) is 3.89. The second-order valence-electron chi connectivity index (χ2n) is 5.35. The van der Waals surface area contributed by atoms with Crippen LogP contribution >= 0.6 is 22.9 Å². The highest BCUT2D eigenvalue weighted by Crippen LogP contribution is 2.32. The zero-order valence-electron chi connectivity index (χ0n) is 14.0. The Bertz CT molecular complexity index is 950. The molecule has 6 nitrogen and oxygen atoms in total. The van der Waals surface area contributed by atoms with Gasteiger partial charge >= 0.3 is 0 Å². The summed E-state index contributed by atoms with van der Waals surface area (Å²) in [5.41, 5.74) is 1.34. The van der Waals surface area contributed by atoms with E-state index in [9.17, 15) is 9.59 Å². The fraction of sp³-hybridized carbons (Fsp3) is 0.111. The van der Waals surface area contributed by atoms with Gasteiger partial charge in [-0.15, -0.1) is 11.3 Å². The van der Waals surface area contributed by atoms with Crippen LogP contribution in [0.25, 0.3) is 0 Å². The van der Waals surface area contributed by atoms with E-state index in [1.54, 1.807) is 36.4 Å². The van der Waals surface area contributed by atoms with Gasteiger partial charge < -0.3 is 19.8 Å². The number of anilines is 2. The molecule has 2 heterocycles. The van der Waals surface area contributed by atoms with Gasteiger partial charge in [0.05, 0.1) is 28.9 Å². The summed E-state index contributed by atoms with van der Waals surface area (Å²) in [6.07, 6.45) is 1.42. The molecule has 0 unspecified atom stereocenters. The second kappa shape index (κ2) is 7.63. The average Bonchev–Trinajstić information content (AvgIpc) is 3.29. The van der Waals surface area contributed by atoms with Gasteiger partial charge in [0.25, 0.3) is 11.8 Å². The lowest BCUT2D eigenvalue weighted by atomic mass is 10.2. The Labute approximate surface area is 158 Å². The number of nitrogens with one attached hydrogen (secondary N) is 2. The molecule has 0 saturated heterocycles. The zero-order valence-corrected chi connectivity index (χ0v) is 15.5. The SMILES string of the molecule is COc1cc(Cl)c(C)cc1NC(=O)c1ccc(NC(=O)c2ccco2)s1. The number of rotatable bonds is 5. The molecule has 0 bridgehead atoms. The fourth-order valence-corrected chi connectivity index (χ4v) is 3.17. The molecular formula is C18H15ClN2O4S. The maximum Gasteiger partial charge on any atom is 0.291 e. The number of ether oxygens (including phenoxy) is 1. The minimum absolute atomic E-state index is 0.200. The number of methoxy groups -OCH3 is 1. The van der Waals surface area contributed by atoms with Gasteiger partial charge in [0.2, 0.25) is 0 Å².